The van der Waals surface area contributed by atoms with E-state index in [1.165, 1.54) is 64.2 Å². The summed E-state index contributed by atoms with van der Waals surface area (Å²) in [5.74, 6) is -3.16. The van der Waals surface area contributed by atoms with Crippen molar-refractivity contribution in [3.8, 4) is 0 Å². The van der Waals surface area contributed by atoms with Crippen molar-refractivity contribution in [1.82, 2.24) is 0 Å². The van der Waals surface area contributed by atoms with E-state index in [1.54, 1.807) is 0 Å². The highest BCUT2D eigenvalue weighted by atomic mass is 16.7. The Morgan fingerprint density at radius 3 is 1.27 bits per heavy atom. The molecule has 1 rings (SSSR count). The normalized spacial score (nSPS) is 18.5. The fourth-order valence-electron chi connectivity index (χ4n) is 8.94. The van der Waals surface area contributed by atoms with E-state index in [-0.39, 0.29) is 25.9 Å². The van der Waals surface area contributed by atoms with E-state index in [0.29, 0.717) is 19.3 Å². The minimum Gasteiger partial charge on any atom is -0.479 e. The molecule has 1 heterocycles. The lowest BCUT2D eigenvalue weighted by molar-refractivity contribution is -0.301. The Kier molecular flexibility index (Phi) is 48.8. The molecule has 6 unspecified atom stereocenters. The molecule has 0 spiro atoms. The smallest absolute Gasteiger partial charge is 0.335 e. The molecule has 1 fully saturated rings. The number of aliphatic carboxylic acids is 1. The SMILES string of the molecule is CCC/C=C\C/C=C\CCCCCCCC(=O)OC1C(OCC(COC(=O)CCCCCCCC/C=C\C/C=C\C/C=C\CCCCC)OC(=O)CCCCCCC/C=C\CCCCCCCC)OC(C(=O)O)C(O)C1O. The predicted octanol–water partition coefficient (Wildman–Crippen LogP) is 16.1. The summed E-state index contributed by atoms with van der Waals surface area (Å²) in [5, 5.41) is 31.5. The standard InChI is InChI=1S/C65H110O12/c1-4-7-10-13-16-19-22-25-27-28-29-30-32-34-36-39-42-45-48-51-57(66)73-54-56(75-58(67)52-49-46-43-40-38-35-31-26-23-20-17-14-11-8-5-2)55-74-65-63(61(70)60(69)62(77-65)64(71)72)76-59(68)53-50-47-44-41-37-33-24-21-18-15-12-9-6-3/h12,15-16,19,21,24-27,29-31,56,60-63,65,69-70H,4-11,13-14,17-18,20,22-23,28,32-55H2,1-3H3,(H,71,72)/b15-12-,19-16-,24-21-,27-25-,30-29-,31-26-. The third kappa shape index (κ3) is 42.7. The molecular formula is C65H110O12. The van der Waals surface area contributed by atoms with E-state index in [1.807, 2.05) is 0 Å². The van der Waals surface area contributed by atoms with Crippen LogP contribution in [0.15, 0.2) is 72.9 Å². The average molecular weight is 1080 g/mol. The maximum Gasteiger partial charge on any atom is 0.335 e. The number of carboxylic acids is 1. The maximum absolute atomic E-state index is 13.2. The predicted molar refractivity (Wildman–Crippen MR) is 312 cm³/mol. The molecule has 77 heavy (non-hydrogen) atoms. The molecule has 0 aromatic carbocycles. The van der Waals surface area contributed by atoms with Crippen molar-refractivity contribution in [3.63, 3.8) is 0 Å². The Morgan fingerprint density at radius 2 is 0.805 bits per heavy atom. The lowest BCUT2D eigenvalue weighted by atomic mass is 9.98. The summed E-state index contributed by atoms with van der Waals surface area (Å²) in [6.07, 6.45) is 54.3. The molecule has 442 valence electrons. The Morgan fingerprint density at radius 1 is 0.429 bits per heavy atom. The van der Waals surface area contributed by atoms with Gasteiger partial charge in [0.2, 0.25) is 0 Å². The summed E-state index contributed by atoms with van der Waals surface area (Å²) in [7, 11) is 0. The van der Waals surface area contributed by atoms with Crippen LogP contribution in [0.4, 0.5) is 0 Å². The second-order valence-corrected chi connectivity index (χ2v) is 21.0. The molecule has 1 saturated heterocycles. The number of hydrogen-bond acceptors (Lipinski definition) is 11. The number of esters is 3. The van der Waals surface area contributed by atoms with Crippen molar-refractivity contribution in [2.75, 3.05) is 13.2 Å². The number of hydrogen-bond donors (Lipinski definition) is 3. The molecule has 12 nitrogen and oxygen atoms in total. The van der Waals surface area contributed by atoms with Crippen LogP contribution in [0.1, 0.15) is 265 Å². The van der Waals surface area contributed by atoms with Crippen LogP contribution in [0.25, 0.3) is 0 Å². The Labute approximate surface area is 468 Å². The first-order valence-corrected chi connectivity index (χ1v) is 30.9. The molecule has 1 aliphatic rings. The van der Waals surface area contributed by atoms with E-state index >= 15 is 0 Å². The first-order chi connectivity index (χ1) is 37.6. The van der Waals surface area contributed by atoms with E-state index < -0.39 is 67.3 Å². The van der Waals surface area contributed by atoms with Crippen LogP contribution in [0, 0.1) is 0 Å². The molecule has 0 amide bonds. The van der Waals surface area contributed by atoms with Gasteiger partial charge in [0.25, 0.3) is 0 Å². The van der Waals surface area contributed by atoms with Crippen LogP contribution in [0.2, 0.25) is 0 Å². The van der Waals surface area contributed by atoms with Gasteiger partial charge < -0.3 is 39.0 Å². The molecule has 0 aromatic heterocycles. The number of ether oxygens (including phenoxy) is 5. The van der Waals surface area contributed by atoms with Gasteiger partial charge in [-0.1, -0.05) is 209 Å². The Balaban J connectivity index is 2.69. The van der Waals surface area contributed by atoms with Crippen LogP contribution in [0.3, 0.4) is 0 Å². The second-order valence-electron chi connectivity index (χ2n) is 21.0. The van der Waals surface area contributed by atoms with Gasteiger partial charge in [0.15, 0.2) is 24.6 Å². The molecule has 0 aliphatic carbocycles. The highest BCUT2D eigenvalue weighted by Gasteiger charge is 2.50. The first kappa shape index (κ1) is 71.2. The van der Waals surface area contributed by atoms with Gasteiger partial charge in [0.1, 0.15) is 18.8 Å². The summed E-state index contributed by atoms with van der Waals surface area (Å²) in [6.45, 7) is 5.88. The van der Waals surface area contributed by atoms with E-state index in [9.17, 15) is 34.5 Å². The summed E-state index contributed by atoms with van der Waals surface area (Å²) in [5.41, 5.74) is 0. The lowest BCUT2D eigenvalue weighted by Gasteiger charge is -2.40. The van der Waals surface area contributed by atoms with Crippen molar-refractivity contribution in [2.45, 2.75) is 302 Å². The lowest BCUT2D eigenvalue weighted by Crippen LogP contribution is -2.61. The number of rotatable bonds is 52. The third-order valence-electron chi connectivity index (χ3n) is 13.7. The minimum atomic E-state index is -1.91. The monoisotopic (exact) mass is 1080 g/mol. The van der Waals surface area contributed by atoms with E-state index in [2.05, 4.69) is 93.7 Å². The van der Waals surface area contributed by atoms with Crippen molar-refractivity contribution in [2.24, 2.45) is 0 Å². The Hall–Kier alpha value is -3.84. The maximum atomic E-state index is 13.2. The summed E-state index contributed by atoms with van der Waals surface area (Å²) in [6, 6.07) is 0. The summed E-state index contributed by atoms with van der Waals surface area (Å²) < 4.78 is 28.4. The quantitative estimate of drug-likeness (QED) is 0.0228. The van der Waals surface area contributed by atoms with Gasteiger partial charge in [-0.15, -0.1) is 0 Å². The summed E-state index contributed by atoms with van der Waals surface area (Å²) in [4.78, 5) is 51.2. The van der Waals surface area contributed by atoms with Gasteiger partial charge in [0.05, 0.1) is 6.61 Å². The number of aliphatic hydroxyl groups is 2. The molecule has 0 aromatic rings. The second kappa shape index (κ2) is 52.8. The molecule has 0 radical (unpaired) electrons. The molecule has 0 saturated carbocycles. The number of carboxylic acid groups (broad SMARTS) is 1. The van der Waals surface area contributed by atoms with Crippen LogP contribution in [-0.2, 0) is 42.9 Å². The zero-order valence-corrected chi connectivity index (χ0v) is 48.7. The van der Waals surface area contributed by atoms with Crippen LogP contribution >= 0.6 is 0 Å². The van der Waals surface area contributed by atoms with Crippen molar-refractivity contribution in [1.29, 1.82) is 0 Å². The fourth-order valence-corrected chi connectivity index (χ4v) is 8.94. The number of carbonyl (C=O) groups is 4. The molecule has 1 aliphatic heterocycles. The van der Waals surface area contributed by atoms with Gasteiger partial charge in [-0.25, -0.2) is 4.79 Å². The van der Waals surface area contributed by atoms with Crippen molar-refractivity contribution in [3.05, 3.63) is 72.9 Å². The molecule has 0 bridgehead atoms. The average Bonchev–Trinajstić information content (AvgIpc) is 3.42. The zero-order chi connectivity index (χ0) is 56.1. The van der Waals surface area contributed by atoms with E-state index in [0.717, 1.165) is 141 Å². The zero-order valence-electron chi connectivity index (χ0n) is 48.7. The van der Waals surface area contributed by atoms with Crippen molar-refractivity contribution >= 4 is 23.9 Å². The number of aliphatic hydroxyl groups excluding tert-OH is 2. The Bertz CT molecular complexity index is 1620. The highest BCUT2D eigenvalue weighted by Crippen LogP contribution is 2.26. The van der Waals surface area contributed by atoms with Gasteiger partial charge >= 0.3 is 23.9 Å². The van der Waals surface area contributed by atoms with E-state index in [4.69, 9.17) is 23.7 Å². The topological polar surface area (TPSA) is 175 Å². The molecule has 3 N–H and O–H groups in total. The van der Waals surface area contributed by atoms with Crippen LogP contribution < -0.4 is 0 Å². The van der Waals surface area contributed by atoms with Gasteiger partial charge in [-0.2, -0.15) is 0 Å². The molecule has 6 atom stereocenters. The minimum absolute atomic E-state index is 0.0405. The largest absolute Gasteiger partial charge is 0.479 e. The number of allylic oxidation sites excluding steroid dienone is 12. The molecular weight excluding hydrogens is 973 g/mol. The number of carbonyl (C=O) groups excluding carboxylic acids is 3. The third-order valence-corrected chi connectivity index (χ3v) is 13.7. The van der Waals surface area contributed by atoms with Gasteiger partial charge in [-0.05, 0) is 109 Å². The van der Waals surface area contributed by atoms with Crippen LogP contribution in [0.5, 0.6) is 0 Å². The van der Waals surface area contributed by atoms with Gasteiger partial charge in [-0.3, -0.25) is 14.4 Å². The highest BCUT2D eigenvalue weighted by molar-refractivity contribution is 5.74. The van der Waals surface area contributed by atoms with Crippen LogP contribution in [-0.4, -0.2) is 89.2 Å². The van der Waals surface area contributed by atoms with Gasteiger partial charge in [0, 0.05) is 19.3 Å². The van der Waals surface area contributed by atoms with Crippen molar-refractivity contribution < 1.29 is 58.2 Å². The molecule has 12 heteroatoms. The fraction of sp³-hybridized carbons (Fsp3) is 0.754. The summed E-state index contributed by atoms with van der Waals surface area (Å²) >= 11 is 0. The number of unbranched alkanes of at least 4 members (excludes halogenated alkanes) is 26. The first-order valence-electron chi connectivity index (χ1n) is 30.9.